The first kappa shape index (κ1) is 10.4. The standard InChI is InChI=1S/C9H11BrClN3/c10-7-8(13-14-9(7)12)5-3-1-2-4-6(5)11/h1-4,7-9,13-14H,12H2. The van der Waals surface area contributed by atoms with Crippen molar-refractivity contribution in [2.75, 3.05) is 0 Å². The molecule has 4 N–H and O–H groups in total. The van der Waals surface area contributed by atoms with E-state index in [-0.39, 0.29) is 17.0 Å². The van der Waals surface area contributed by atoms with Crippen LogP contribution in [0.15, 0.2) is 24.3 Å². The van der Waals surface area contributed by atoms with Crippen LogP contribution in [0.4, 0.5) is 0 Å². The van der Waals surface area contributed by atoms with Crippen molar-refractivity contribution >= 4 is 27.5 Å². The van der Waals surface area contributed by atoms with E-state index < -0.39 is 0 Å². The molecule has 1 aromatic carbocycles. The molecular weight excluding hydrogens is 265 g/mol. The smallest absolute Gasteiger partial charge is 0.0825 e. The van der Waals surface area contributed by atoms with Crippen LogP contribution in [0.25, 0.3) is 0 Å². The van der Waals surface area contributed by atoms with Gasteiger partial charge in [0.1, 0.15) is 0 Å². The van der Waals surface area contributed by atoms with Gasteiger partial charge in [-0.15, -0.1) is 0 Å². The van der Waals surface area contributed by atoms with Gasteiger partial charge in [-0.1, -0.05) is 45.7 Å². The summed E-state index contributed by atoms with van der Waals surface area (Å²) in [5.74, 6) is 0. The molecule has 3 nitrogen and oxygen atoms in total. The van der Waals surface area contributed by atoms with E-state index in [0.717, 1.165) is 10.6 Å². The van der Waals surface area contributed by atoms with Crippen LogP contribution in [0, 0.1) is 0 Å². The van der Waals surface area contributed by atoms with Crippen LogP contribution in [0.5, 0.6) is 0 Å². The van der Waals surface area contributed by atoms with E-state index in [1.807, 2.05) is 24.3 Å². The van der Waals surface area contributed by atoms with Crippen molar-refractivity contribution in [3.63, 3.8) is 0 Å². The highest BCUT2D eigenvalue weighted by atomic mass is 79.9. The first-order valence-corrected chi connectivity index (χ1v) is 5.64. The van der Waals surface area contributed by atoms with Gasteiger partial charge in [0.2, 0.25) is 0 Å². The quantitative estimate of drug-likeness (QED) is 0.682. The summed E-state index contributed by atoms with van der Waals surface area (Å²) in [5, 5.41) is 0.755. The Balaban J connectivity index is 2.28. The Morgan fingerprint density at radius 2 is 2.00 bits per heavy atom. The van der Waals surface area contributed by atoms with Gasteiger partial charge in [0, 0.05) is 5.02 Å². The van der Waals surface area contributed by atoms with Crippen LogP contribution in [0.1, 0.15) is 11.6 Å². The van der Waals surface area contributed by atoms with Crippen molar-refractivity contribution in [3.05, 3.63) is 34.9 Å². The molecule has 3 unspecified atom stereocenters. The average molecular weight is 277 g/mol. The lowest BCUT2D eigenvalue weighted by Crippen LogP contribution is -2.39. The summed E-state index contributed by atoms with van der Waals surface area (Å²) < 4.78 is 0. The third kappa shape index (κ3) is 1.81. The minimum atomic E-state index is -0.101. The van der Waals surface area contributed by atoms with E-state index >= 15 is 0 Å². The van der Waals surface area contributed by atoms with E-state index in [9.17, 15) is 0 Å². The minimum absolute atomic E-state index is 0.101. The second-order valence-corrected chi connectivity index (χ2v) is 4.72. The molecule has 0 bridgehead atoms. The third-order valence-corrected chi connectivity index (χ3v) is 3.75. The maximum Gasteiger partial charge on any atom is 0.0825 e. The molecule has 5 heteroatoms. The minimum Gasteiger partial charge on any atom is -0.314 e. The number of rotatable bonds is 1. The molecule has 0 aromatic heterocycles. The van der Waals surface area contributed by atoms with Crippen molar-refractivity contribution in [3.8, 4) is 0 Å². The monoisotopic (exact) mass is 275 g/mol. The molecule has 1 heterocycles. The topological polar surface area (TPSA) is 50.1 Å². The molecule has 0 radical (unpaired) electrons. The van der Waals surface area contributed by atoms with Gasteiger partial charge in [0.25, 0.3) is 0 Å². The summed E-state index contributed by atoms with van der Waals surface area (Å²) >= 11 is 9.62. The number of hydrogen-bond acceptors (Lipinski definition) is 3. The van der Waals surface area contributed by atoms with Crippen molar-refractivity contribution < 1.29 is 0 Å². The highest BCUT2D eigenvalue weighted by Crippen LogP contribution is 2.31. The van der Waals surface area contributed by atoms with Gasteiger partial charge < -0.3 is 5.73 Å². The Bertz CT molecular complexity index is 334. The fraction of sp³-hybridized carbons (Fsp3) is 0.333. The molecule has 0 saturated carbocycles. The second kappa shape index (κ2) is 4.16. The number of nitrogens with one attached hydrogen (secondary N) is 2. The fourth-order valence-corrected chi connectivity index (χ4v) is 2.33. The van der Waals surface area contributed by atoms with Gasteiger partial charge in [-0.3, -0.25) is 0 Å². The van der Waals surface area contributed by atoms with Crippen LogP contribution in [-0.4, -0.2) is 11.0 Å². The third-order valence-electron chi connectivity index (χ3n) is 2.31. The molecule has 0 spiro atoms. The second-order valence-electron chi connectivity index (χ2n) is 3.26. The highest BCUT2D eigenvalue weighted by molar-refractivity contribution is 9.09. The molecule has 1 aromatic rings. The Morgan fingerprint density at radius 1 is 1.29 bits per heavy atom. The maximum absolute atomic E-state index is 6.09. The molecule has 1 aliphatic rings. The maximum atomic E-state index is 6.09. The molecule has 14 heavy (non-hydrogen) atoms. The predicted molar refractivity (Wildman–Crippen MR) is 61.2 cm³/mol. The van der Waals surface area contributed by atoms with E-state index in [1.165, 1.54) is 0 Å². The number of hydrazine groups is 1. The van der Waals surface area contributed by atoms with Gasteiger partial charge >= 0.3 is 0 Å². The predicted octanol–water partition coefficient (Wildman–Crippen LogP) is 1.54. The normalized spacial score (nSPS) is 32.1. The molecule has 0 amide bonds. The summed E-state index contributed by atoms with van der Waals surface area (Å²) in [5.41, 5.74) is 12.9. The number of hydrogen-bond donors (Lipinski definition) is 3. The zero-order valence-corrected chi connectivity index (χ0v) is 9.72. The number of benzene rings is 1. The molecule has 0 aliphatic carbocycles. The van der Waals surface area contributed by atoms with E-state index in [1.54, 1.807) is 0 Å². The molecule has 1 saturated heterocycles. The van der Waals surface area contributed by atoms with Gasteiger partial charge in [0.05, 0.1) is 17.0 Å². The highest BCUT2D eigenvalue weighted by Gasteiger charge is 2.33. The first-order valence-electron chi connectivity index (χ1n) is 4.35. The van der Waals surface area contributed by atoms with Crippen molar-refractivity contribution in [2.24, 2.45) is 5.73 Å². The van der Waals surface area contributed by atoms with Gasteiger partial charge in [-0.25, -0.2) is 10.9 Å². The van der Waals surface area contributed by atoms with Gasteiger partial charge in [-0.2, -0.15) is 0 Å². The zero-order chi connectivity index (χ0) is 10.1. The summed E-state index contributed by atoms with van der Waals surface area (Å²) in [4.78, 5) is 0.141. The number of halogens is 2. The Morgan fingerprint density at radius 3 is 2.57 bits per heavy atom. The van der Waals surface area contributed by atoms with Crippen molar-refractivity contribution in [2.45, 2.75) is 17.0 Å². The zero-order valence-electron chi connectivity index (χ0n) is 7.37. The average Bonchev–Trinajstić information content (AvgIpc) is 2.49. The Kier molecular flexibility index (Phi) is 3.09. The molecule has 1 aliphatic heterocycles. The first-order chi connectivity index (χ1) is 6.70. The lowest BCUT2D eigenvalue weighted by atomic mass is 10.0. The van der Waals surface area contributed by atoms with Gasteiger partial charge in [0.15, 0.2) is 0 Å². The summed E-state index contributed by atoms with van der Waals surface area (Å²) in [6.45, 7) is 0. The lowest BCUT2D eigenvalue weighted by molar-refractivity contribution is 0.552. The van der Waals surface area contributed by atoms with Crippen LogP contribution >= 0.6 is 27.5 Å². The van der Waals surface area contributed by atoms with Crippen LogP contribution in [0.3, 0.4) is 0 Å². The molecule has 2 rings (SSSR count). The van der Waals surface area contributed by atoms with Crippen molar-refractivity contribution in [1.29, 1.82) is 0 Å². The molecular formula is C9H11BrClN3. The molecule has 3 atom stereocenters. The van der Waals surface area contributed by atoms with Crippen molar-refractivity contribution in [1.82, 2.24) is 10.9 Å². The Hall–Kier alpha value is -0.130. The SMILES string of the molecule is NC1NNC(c2ccccc2Cl)C1Br. The number of nitrogens with two attached hydrogens (primary N) is 1. The van der Waals surface area contributed by atoms with Crippen LogP contribution < -0.4 is 16.6 Å². The largest absolute Gasteiger partial charge is 0.314 e. The summed E-state index contributed by atoms with van der Waals surface area (Å²) in [7, 11) is 0. The van der Waals surface area contributed by atoms with E-state index in [4.69, 9.17) is 17.3 Å². The van der Waals surface area contributed by atoms with Crippen LogP contribution in [0.2, 0.25) is 5.02 Å². The molecule has 76 valence electrons. The summed E-state index contributed by atoms with van der Waals surface area (Å²) in [6, 6.07) is 7.86. The van der Waals surface area contributed by atoms with E-state index in [0.29, 0.717) is 0 Å². The lowest BCUT2D eigenvalue weighted by Gasteiger charge is -2.15. The molecule has 1 fully saturated rings. The van der Waals surface area contributed by atoms with Gasteiger partial charge in [-0.05, 0) is 11.6 Å². The Labute approximate surface area is 96.1 Å². The summed E-state index contributed by atoms with van der Waals surface area (Å²) in [6.07, 6.45) is -0.101. The fourth-order valence-electron chi connectivity index (χ4n) is 1.53. The van der Waals surface area contributed by atoms with E-state index in [2.05, 4.69) is 26.8 Å². The number of alkyl halides is 1. The van der Waals surface area contributed by atoms with Crippen LogP contribution in [-0.2, 0) is 0 Å².